The molecule has 1 amide bonds. The maximum atomic E-state index is 12.8. The van der Waals surface area contributed by atoms with Gasteiger partial charge in [0.25, 0.3) is 0 Å². The molecule has 0 saturated heterocycles. The first-order valence-electron chi connectivity index (χ1n) is 9.95. The molecule has 0 aliphatic carbocycles. The molecule has 1 aliphatic rings. The maximum absolute atomic E-state index is 12.8. The zero-order valence-corrected chi connectivity index (χ0v) is 18.2. The second kappa shape index (κ2) is 9.21. The number of ether oxygens (including phenoxy) is 2. The molecular formula is C24H23N3O3S. The number of fused-ring (bicyclic) bond motifs is 1. The van der Waals surface area contributed by atoms with Gasteiger partial charge in [0.15, 0.2) is 11.5 Å². The van der Waals surface area contributed by atoms with Crippen LogP contribution < -0.4 is 14.8 Å². The summed E-state index contributed by atoms with van der Waals surface area (Å²) in [6.07, 6.45) is 0.821. The quantitative estimate of drug-likeness (QED) is 0.630. The Morgan fingerprint density at radius 2 is 1.94 bits per heavy atom. The number of anilines is 1. The molecule has 0 saturated carbocycles. The van der Waals surface area contributed by atoms with Crippen LogP contribution in [0.5, 0.6) is 11.5 Å². The van der Waals surface area contributed by atoms with Crippen LogP contribution in [0.3, 0.4) is 0 Å². The van der Waals surface area contributed by atoms with Crippen molar-refractivity contribution in [1.29, 1.82) is 5.26 Å². The highest BCUT2D eigenvalue weighted by Crippen LogP contribution is 2.42. The molecule has 0 fully saturated rings. The Hall–Kier alpha value is -3.34. The van der Waals surface area contributed by atoms with Crippen LogP contribution in [0, 0.1) is 11.3 Å². The number of nitriles is 1. The van der Waals surface area contributed by atoms with E-state index in [2.05, 4.69) is 27.7 Å². The fraction of sp³-hybridized carbons (Fsp3) is 0.250. The molecule has 2 heterocycles. The second-order valence-corrected chi connectivity index (χ2v) is 8.26. The Bertz CT molecular complexity index is 1100. The van der Waals surface area contributed by atoms with Gasteiger partial charge in [0, 0.05) is 17.1 Å². The van der Waals surface area contributed by atoms with Crippen LogP contribution in [-0.2, 0) is 11.2 Å². The molecule has 1 aliphatic heterocycles. The summed E-state index contributed by atoms with van der Waals surface area (Å²) in [4.78, 5) is 16.2. The molecule has 6 nitrogen and oxygen atoms in total. The monoisotopic (exact) mass is 433 g/mol. The number of thiophene rings is 1. The van der Waals surface area contributed by atoms with Crippen molar-refractivity contribution in [2.45, 2.75) is 12.5 Å². The van der Waals surface area contributed by atoms with Gasteiger partial charge in [-0.05, 0) is 65.4 Å². The molecule has 4 rings (SSSR count). The number of nitrogens with zero attached hydrogens (tertiary/aromatic N) is 2. The van der Waals surface area contributed by atoms with Crippen LogP contribution in [0.15, 0.2) is 53.9 Å². The number of methoxy groups -OCH3 is 2. The summed E-state index contributed by atoms with van der Waals surface area (Å²) in [5, 5.41) is 13.9. The van der Waals surface area contributed by atoms with Gasteiger partial charge in [-0.25, -0.2) is 0 Å². The van der Waals surface area contributed by atoms with Crippen molar-refractivity contribution in [2.75, 3.05) is 32.6 Å². The average molecular weight is 434 g/mol. The van der Waals surface area contributed by atoms with Crippen molar-refractivity contribution in [3.63, 3.8) is 0 Å². The number of nitrogens with one attached hydrogen (secondary N) is 1. The second-order valence-electron chi connectivity index (χ2n) is 7.28. The van der Waals surface area contributed by atoms with Gasteiger partial charge >= 0.3 is 0 Å². The molecule has 158 valence electrons. The highest BCUT2D eigenvalue weighted by Gasteiger charge is 2.32. The van der Waals surface area contributed by atoms with Crippen LogP contribution in [0.4, 0.5) is 5.69 Å². The lowest BCUT2D eigenvalue weighted by atomic mass is 9.91. The number of rotatable bonds is 6. The van der Waals surface area contributed by atoms with Gasteiger partial charge in [-0.3, -0.25) is 9.69 Å². The highest BCUT2D eigenvalue weighted by molar-refractivity contribution is 7.10. The van der Waals surface area contributed by atoms with Crippen LogP contribution in [0.25, 0.3) is 0 Å². The Morgan fingerprint density at radius 1 is 1.19 bits per heavy atom. The molecular weight excluding hydrogens is 410 g/mol. The van der Waals surface area contributed by atoms with Crippen molar-refractivity contribution in [1.82, 2.24) is 4.90 Å². The molecule has 1 aromatic heterocycles. The Kier molecular flexibility index (Phi) is 6.21. The fourth-order valence-corrected chi connectivity index (χ4v) is 4.84. The summed E-state index contributed by atoms with van der Waals surface area (Å²) in [5.41, 5.74) is 3.59. The van der Waals surface area contributed by atoms with Crippen molar-refractivity contribution < 1.29 is 14.3 Å². The summed E-state index contributed by atoms with van der Waals surface area (Å²) < 4.78 is 11.0. The SMILES string of the molecule is COc1cc2c(cc1OC)[C@H](c1cccs1)N(CC(=O)Nc1ccc(C#N)cc1)CC2. The number of benzene rings is 2. The number of amides is 1. The molecule has 1 N–H and O–H groups in total. The molecule has 0 unspecified atom stereocenters. The van der Waals surface area contributed by atoms with Gasteiger partial charge in [-0.1, -0.05) is 6.07 Å². The molecule has 0 spiro atoms. The summed E-state index contributed by atoms with van der Waals surface area (Å²) >= 11 is 1.68. The van der Waals surface area contributed by atoms with Crippen molar-refractivity contribution in [2.24, 2.45) is 0 Å². The number of carbonyl (C=O) groups is 1. The number of hydrogen-bond donors (Lipinski definition) is 1. The van der Waals surface area contributed by atoms with Crippen LogP contribution in [-0.4, -0.2) is 38.1 Å². The van der Waals surface area contributed by atoms with Gasteiger partial charge in [-0.2, -0.15) is 5.26 Å². The highest BCUT2D eigenvalue weighted by atomic mass is 32.1. The third-order valence-corrected chi connectivity index (χ3v) is 6.36. The summed E-state index contributed by atoms with van der Waals surface area (Å²) in [6, 6.07) is 17.1. The van der Waals surface area contributed by atoms with Crippen molar-refractivity contribution in [3.8, 4) is 17.6 Å². The fourth-order valence-electron chi connectivity index (χ4n) is 3.96. The first-order valence-corrected chi connectivity index (χ1v) is 10.8. The van der Waals surface area contributed by atoms with E-state index in [1.54, 1.807) is 49.8 Å². The lowest BCUT2D eigenvalue weighted by molar-refractivity contribution is -0.117. The van der Waals surface area contributed by atoms with Gasteiger partial charge in [-0.15, -0.1) is 11.3 Å². The maximum Gasteiger partial charge on any atom is 0.238 e. The standard InChI is InChI=1S/C24H23N3O3S/c1-29-20-12-17-9-10-27(15-23(28)26-18-7-5-16(14-25)6-8-18)24(22-4-3-11-31-22)19(17)13-21(20)30-2/h3-8,11-13,24H,9-10,15H2,1-2H3,(H,26,28)/t24-/m1/s1. The van der Waals surface area contributed by atoms with Gasteiger partial charge < -0.3 is 14.8 Å². The lowest BCUT2D eigenvalue weighted by Gasteiger charge is -2.37. The molecule has 0 bridgehead atoms. The van der Waals surface area contributed by atoms with Crippen molar-refractivity contribution in [3.05, 3.63) is 75.5 Å². The van der Waals surface area contributed by atoms with E-state index in [0.29, 0.717) is 17.0 Å². The van der Waals surface area contributed by atoms with E-state index in [-0.39, 0.29) is 18.5 Å². The predicted octanol–water partition coefficient (Wildman–Crippen LogP) is 4.22. The van der Waals surface area contributed by atoms with Crippen LogP contribution in [0.1, 0.15) is 27.6 Å². The van der Waals surface area contributed by atoms with Crippen molar-refractivity contribution >= 4 is 22.9 Å². The summed E-state index contributed by atoms with van der Waals surface area (Å²) in [7, 11) is 3.28. The van der Waals surface area contributed by atoms with Gasteiger partial charge in [0.05, 0.1) is 38.4 Å². The summed E-state index contributed by atoms with van der Waals surface area (Å²) in [5.74, 6) is 1.32. The molecule has 3 aromatic rings. The number of carbonyl (C=O) groups excluding carboxylic acids is 1. The first-order chi connectivity index (χ1) is 15.1. The van der Waals surface area contributed by atoms with Gasteiger partial charge in [0.2, 0.25) is 5.91 Å². The molecule has 0 radical (unpaired) electrons. The number of hydrogen-bond acceptors (Lipinski definition) is 6. The molecule has 31 heavy (non-hydrogen) atoms. The zero-order valence-electron chi connectivity index (χ0n) is 17.4. The Balaban J connectivity index is 1.60. The van der Waals surface area contributed by atoms with E-state index in [1.807, 2.05) is 18.2 Å². The van der Waals surface area contributed by atoms with E-state index in [0.717, 1.165) is 24.3 Å². The van der Waals surface area contributed by atoms with Gasteiger partial charge in [0.1, 0.15) is 0 Å². The molecule has 7 heteroatoms. The summed E-state index contributed by atoms with van der Waals surface area (Å²) in [6.45, 7) is 1.02. The van der Waals surface area contributed by atoms with E-state index >= 15 is 0 Å². The normalized spacial score (nSPS) is 15.6. The molecule has 2 aromatic carbocycles. The smallest absolute Gasteiger partial charge is 0.238 e. The van der Waals surface area contributed by atoms with E-state index < -0.39 is 0 Å². The predicted molar refractivity (Wildman–Crippen MR) is 121 cm³/mol. The lowest BCUT2D eigenvalue weighted by Crippen LogP contribution is -2.40. The van der Waals surface area contributed by atoms with E-state index in [1.165, 1.54) is 10.4 Å². The minimum absolute atomic E-state index is 0.0322. The third kappa shape index (κ3) is 4.41. The topological polar surface area (TPSA) is 74.6 Å². The van der Waals surface area contributed by atoms with E-state index in [9.17, 15) is 4.79 Å². The van der Waals surface area contributed by atoms with E-state index in [4.69, 9.17) is 14.7 Å². The zero-order chi connectivity index (χ0) is 21.8. The average Bonchev–Trinajstić information content (AvgIpc) is 3.32. The first kappa shape index (κ1) is 20.9. The third-order valence-electron chi connectivity index (χ3n) is 5.43. The Morgan fingerprint density at radius 3 is 2.58 bits per heavy atom. The minimum Gasteiger partial charge on any atom is -0.493 e. The Labute approximate surface area is 185 Å². The minimum atomic E-state index is -0.0878. The molecule has 1 atom stereocenters. The largest absolute Gasteiger partial charge is 0.493 e. The van der Waals surface area contributed by atoms with Crippen LogP contribution >= 0.6 is 11.3 Å². The van der Waals surface area contributed by atoms with Crippen LogP contribution in [0.2, 0.25) is 0 Å².